The summed E-state index contributed by atoms with van der Waals surface area (Å²) >= 11 is 1.09. The lowest BCUT2D eigenvalue weighted by molar-refractivity contribution is 0.0937. The van der Waals surface area contributed by atoms with E-state index >= 15 is 0 Å². The van der Waals surface area contributed by atoms with Gasteiger partial charge in [0.05, 0.1) is 25.0 Å². The summed E-state index contributed by atoms with van der Waals surface area (Å²) in [6.07, 6.45) is 0.606. The Labute approximate surface area is 159 Å². The Kier molecular flexibility index (Phi) is 4.68. The first-order valence-electron chi connectivity index (χ1n) is 8.39. The van der Waals surface area contributed by atoms with Crippen LogP contribution in [0.4, 0.5) is 0 Å². The maximum absolute atomic E-state index is 12.2. The second-order valence-corrected chi connectivity index (χ2v) is 6.88. The van der Waals surface area contributed by atoms with Crippen LogP contribution in [0.1, 0.15) is 20.9 Å². The number of amides is 1. The first-order valence-corrected chi connectivity index (χ1v) is 9.16. The Morgan fingerprint density at radius 3 is 2.89 bits per heavy atom. The number of methoxy groups -OCH3 is 1. The number of nitrogens with zero attached hydrogens (tertiary/aromatic N) is 4. The van der Waals surface area contributed by atoms with E-state index in [9.17, 15) is 4.79 Å². The van der Waals surface area contributed by atoms with Gasteiger partial charge in [0.1, 0.15) is 16.7 Å². The molecule has 1 N–H and O–H groups in total. The third-order valence-corrected chi connectivity index (χ3v) is 5.12. The van der Waals surface area contributed by atoms with Gasteiger partial charge in [-0.2, -0.15) is 0 Å². The summed E-state index contributed by atoms with van der Waals surface area (Å²) in [4.78, 5) is 12.7. The van der Waals surface area contributed by atoms with Crippen molar-refractivity contribution in [3.8, 4) is 22.9 Å². The van der Waals surface area contributed by atoms with Crippen LogP contribution in [0.5, 0.6) is 11.6 Å². The molecule has 1 atom stereocenters. The minimum absolute atomic E-state index is 0.109. The molecule has 1 aliphatic heterocycles. The molecule has 4 rings (SSSR count). The normalized spacial score (nSPS) is 15.1. The number of hydrogen-bond acceptors (Lipinski definition) is 8. The number of aromatic nitrogens is 4. The lowest BCUT2D eigenvalue weighted by Gasteiger charge is -2.11. The maximum Gasteiger partial charge on any atom is 0.265 e. The van der Waals surface area contributed by atoms with Crippen molar-refractivity contribution in [1.29, 1.82) is 0 Å². The Hall–Kier alpha value is -3.07. The Morgan fingerprint density at radius 2 is 2.19 bits per heavy atom. The lowest BCUT2D eigenvalue weighted by atomic mass is 10.0. The van der Waals surface area contributed by atoms with E-state index in [1.807, 2.05) is 24.3 Å². The van der Waals surface area contributed by atoms with Gasteiger partial charge in [-0.25, -0.2) is 0 Å². The average molecular weight is 383 g/mol. The highest BCUT2D eigenvalue weighted by molar-refractivity contribution is 7.07. The number of carbonyl (C=O) groups excluding carboxylic acids is 1. The summed E-state index contributed by atoms with van der Waals surface area (Å²) < 4.78 is 14.8. The molecule has 0 bridgehead atoms. The van der Waals surface area contributed by atoms with Gasteiger partial charge >= 0.3 is 0 Å². The van der Waals surface area contributed by atoms with Crippen LogP contribution in [-0.2, 0) is 6.42 Å². The smallest absolute Gasteiger partial charge is 0.265 e. The van der Waals surface area contributed by atoms with Crippen LogP contribution >= 0.6 is 11.5 Å². The molecule has 138 valence electrons. The first-order chi connectivity index (χ1) is 13.1. The second-order valence-electron chi connectivity index (χ2n) is 6.12. The summed E-state index contributed by atoms with van der Waals surface area (Å²) in [5.74, 6) is 1.14. The van der Waals surface area contributed by atoms with Crippen LogP contribution in [-0.4, -0.2) is 45.4 Å². The van der Waals surface area contributed by atoms with Gasteiger partial charge in [-0.15, -0.1) is 15.3 Å². The minimum Gasteiger partial charge on any atom is -0.488 e. The van der Waals surface area contributed by atoms with Crippen molar-refractivity contribution >= 4 is 17.4 Å². The van der Waals surface area contributed by atoms with Gasteiger partial charge in [-0.05, 0) is 48.3 Å². The SMILES string of the molecule is COc1ccc(-c2ccc3c(c2)CC(CNC(=O)c2snnc2C)O3)nn1. The fourth-order valence-corrected chi connectivity index (χ4v) is 3.48. The van der Waals surface area contributed by atoms with Crippen molar-refractivity contribution in [1.82, 2.24) is 25.1 Å². The molecule has 0 radical (unpaired) electrons. The first kappa shape index (κ1) is 17.3. The third kappa shape index (κ3) is 3.59. The van der Waals surface area contributed by atoms with Crippen molar-refractivity contribution < 1.29 is 14.3 Å². The Morgan fingerprint density at radius 1 is 1.30 bits per heavy atom. The topological polar surface area (TPSA) is 99.1 Å². The van der Waals surface area contributed by atoms with Crippen LogP contribution < -0.4 is 14.8 Å². The van der Waals surface area contributed by atoms with Crippen LogP contribution in [0.2, 0.25) is 0 Å². The number of ether oxygens (including phenoxy) is 2. The van der Waals surface area contributed by atoms with Crippen molar-refractivity contribution in [2.45, 2.75) is 19.4 Å². The van der Waals surface area contributed by atoms with Gasteiger partial charge in [0.2, 0.25) is 5.88 Å². The molecule has 1 aromatic carbocycles. The summed E-state index contributed by atoms with van der Waals surface area (Å²) in [7, 11) is 1.56. The van der Waals surface area contributed by atoms with Crippen LogP contribution in [0.3, 0.4) is 0 Å². The van der Waals surface area contributed by atoms with E-state index in [2.05, 4.69) is 25.1 Å². The van der Waals surface area contributed by atoms with E-state index in [-0.39, 0.29) is 12.0 Å². The molecule has 1 amide bonds. The average Bonchev–Trinajstić information content (AvgIpc) is 3.31. The molecule has 3 aromatic rings. The number of carbonyl (C=O) groups is 1. The summed E-state index contributed by atoms with van der Waals surface area (Å²) in [5, 5.41) is 14.9. The summed E-state index contributed by atoms with van der Waals surface area (Å²) in [6.45, 7) is 2.19. The van der Waals surface area contributed by atoms with E-state index < -0.39 is 0 Å². The highest BCUT2D eigenvalue weighted by Gasteiger charge is 2.24. The lowest BCUT2D eigenvalue weighted by Crippen LogP contribution is -2.34. The van der Waals surface area contributed by atoms with Gasteiger partial charge in [0.25, 0.3) is 5.91 Å². The largest absolute Gasteiger partial charge is 0.488 e. The van der Waals surface area contributed by atoms with E-state index in [0.29, 0.717) is 29.4 Å². The van der Waals surface area contributed by atoms with Gasteiger partial charge < -0.3 is 14.8 Å². The Balaban J connectivity index is 1.41. The molecule has 0 saturated carbocycles. The molecular formula is C18H17N5O3S. The number of hydrogen-bond donors (Lipinski definition) is 1. The Bertz CT molecular complexity index is 973. The van der Waals surface area contributed by atoms with Crippen molar-refractivity contribution in [2.75, 3.05) is 13.7 Å². The molecule has 9 heteroatoms. The third-order valence-electron chi connectivity index (χ3n) is 4.29. The molecule has 0 saturated heterocycles. The van der Waals surface area contributed by atoms with Crippen LogP contribution in [0.15, 0.2) is 30.3 Å². The molecule has 0 spiro atoms. The number of nitrogens with one attached hydrogen (secondary N) is 1. The van der Waals surface area contributed by atoms with Crippen LogP contribution in [0, 0.1) is 6.92 Å². The highest BCUT2D eigenvalue weighted by atomic mass is 32.1. The minimum atomic E-state index is -0.170. The predicted molar refractivity (Wildman–Crippen MR) is 99.1 cm³/mol. The van der Waals surface area contributed by atoms with Gasteiger partial charge in [-0.1, -0.05) is 4.49 Å². The van der Waals surface area contributed by atoms with E-state index in [0.717, 1.165) is 34.1 Å². The summed E-state index contributed by atoms with van der Waals surface area (Å²) in [5.41, 5.74) is 3.45. The van der Waals surface area contributed by atoms with E-state index in [1.54, 1.807) is 20.1 Å². The number of fused-ring (bicyclic) bond motifs is 1. The van der Waals surface area contributed by atoms with Crippen molar-refractivity contribution in [2.24, 2.45) is 0 Å². The zero-order valence-electron chi connectivity index (χ0n) is 14.8. The highest BCUT2D eigenvalue weighted by Crippen LogP contribution is 2.32. The number of rotatable bonds is 5. The summed E-state index contributed by atoms with van der Waals surface area (Å²) in [6, 6.07) is 9.57. The van der Waals surface area contributed by atoms with Crippen molar-refractivity contribution in [3.63, 3.8) is 0 Å². The second kappa shape index (κ2) is 7.28. The standard InChI is InChI=1S/C18H17N5O3S/c1-10-17(27-23-20-10)18(24)19-9-13-8-12-7-11(3-5-15(12)26-13)14-4-6-16(25-2)22-21-14/h3-7,13H,8-9H2,1-2H3,(H,19,24). The molecule has 0 fully saturated rings. The van der Waals surface area contributed by atoms with Gasteiger partial charge in [0.15, 0.2) is 0 Å². The molecular weight excluding hydrogens is 366 g/mol. The zero-order chi connectivity index (χ0) is 18.8. The predicted octanol–water partition coefficient (Wildman–Crippen LogP) is 2.05. The van der Waals surface area contributed by atoms with Crippen molar-refractivity contribution in [3.05, 3.63) is 46.5 Å². The fourth-order valence-electron chi connectivity index (χ4n) is 2.90. The molecule has 0 aliphatic carbocycles. The molecule has 1 aliphatic rings. The molecule has 3 heterocycles. The number of aryl methyl sites for hydroxylation is 1. The number of benzene rings is 1. The molecule has 27 heavy (non-hydrogen) atoms. The van der Waals surface area contributed by atoms with Gasteiger partial charge in [0, 0.05) is 18.1 Å². The van der Waals surface area contributed by atoms with Gasteiger partial charge in [-0.3, -0.25) is 4.79 Å². The molecule has 8 nitrogen and oxygen atoms in total. The van der Waals surface area contributed by atoms with E-state index in [4.69, 9.17) is 9.47 Å². The maximum atomic E-state index is 12.2. The van der Waals surface area contributed by atoms with E-state index in [1.165, 1.54) is 0 Å². The monoisotopic (exact) mass is 383 g/mol. The molecule has 2 aromatic heterocycles. The zero-order valence-corrected chi connectivity index (χ0v) is 15.6. The molecule has 1 unspecified atom stereocenters. The fraction of sp³-hybridized carbons (Fsp3) is 0.278. The van der Waals surface area contributed by atoms with Crippen LogP contribution in [0.25, 0.3) is 11.3 Å². The quantitative estimate of drug-likeness (QED) is 0.720.